The van der Waals surface area contributed by atoms with Gasteiger partial charge in [-0.2, -0.15) is 0 Å². The van der Waals surface area contributed by atoms with Crippen molar-refractivity contribution in [2.24, 2.45) is 35.5 Å². The molecule has 0 amide bonds. The number of dihydropyridines is 1. The van der Waals surface area contributed by atoms with E-state index in [0.29, 0.717) is 51.8 Å². The molecule has 0 unspecified atom stereocenters. The third kappa shape index (κ3) is 7.32. The quantitative estimate of drug-likeness (QED) is 0.186. The van der Waals surface area contributed by atoms with Crippen molar-refractivity contribution in [1.82, 2.24) is 5.32 Å². The number of hydrogen-bond acceptors (Lipinski definition) is 7. The molecule has 8 heteroatoms. The number of esters is 2. The van der Waals surface area contributed by atoms with Gasteiger partial charge in [-0.15, -0.1) is 0 Å². The maximum absolute atomic E-state index is 14.2. The van der Waals surface area contributed by atoms with E-state index < -0.39 is 22.8 Å². The Labute approximate surface area is 256 Å². The van der Waals surface area contributed by atoms with E-state index in [4.69, 9.17) is 9.47 Å². The van der Waals surface area contributed by atoms with Gasteiger partial charge in [-0.25, -0.2) is 9.59 Å². The first-order valence-corrected chi connectivity index (χ1v) is 16.1. The van der Waals surface area contributed by atoms with Crippen molar-refractivity contribution in [2.75, 3.05) is 0 Å². The minimum absolute atomic E-state index is 0.103. The summed E-state index contributed by atoms with van der Waals surface area (Å²) < 4.78 is 12.6. The van der Waals surface area contributed by atoms with Gasteiger partial charge in [0.15, 0.2) is 0 Å². The Morgan fingerprint density at radius 3 is 1.72 bits per heavy atom. The van der Waals surface area contributed by atoms with Crippen LogP contribution in [0.3, 0.4) is 0 Å². The Bertz CT molecular complexity index is 1210. The van der Waals surface area contributed by atoms with E-state index in [1.165, 1.54) is 12.1 Å². The summed E-state index contributed by atoms with van der Waals surface area (Å²) in [5, 5.41) is 15.0. The predicted molar refractivity (Wildman–Crippen MR) is 167 cm³/mol. The van der Waals surface area contributed by atoms with Crippen molar-refractivity contribution >= 4 is 17.6 Å². The average molecular weight is 595 g/mol. The lowest BCUT2D eigenvalue weighted by atomic mass is 9.75. The van der Waals surface area contributed by atoms with Crippen LogP contribution in [0.15, 0.2) is 46.8 Å². The first-order valence-electron chi connectivity index (χ1n) is 16.1. The SMILES string of the molecule is CC1=C(C(=O)O[C@@H]2C[C@H](C)CC[C@H]2C(C)C)C(c2cccc([N+](=O)[O-])c2)C(C(=O)O[C@@H]2C[C@H](C)CC[C@H]2C(C)C)=C(C)N1. The number of non-ortho nitro benzene ring substituents is 1. The van der Waals surface area contributed by atoms with E-state index >= 15 is 0 Å². The van der Waals surface area contributed by atoms with E-state index in [1.54, 1.807) is 26.0 Å². The Morgan fingerprint density at radius 2 is 1.30 bits per heavy atom. The van der Waals surface area contributed by atoms with Gasteiger partial charge in [-0.05, 0) is 80.6 Å². The Kier molecular flexibility index (Phi) is 10.4. The van der Waals surface area contributed by atoms with Gasteiger partial charge >= 0.3 is 11.9 Å². The lowest BCUT2D eigenvalue weighted by Gasteiger charge is -2.39. The molecule has 1 aliphatic heterocycles. The number of ether oxygens (including phenoxy) is 2. The summed E-state index contributed by atoms with van der Waals surface area (Å²) >= 11 is 0. The fraction of sp³-hybridized carbons (Fsp3) is 0.657. The van der Waals surface area contributed by atoms with E-state index in [2.05, 4.69) is 46.9 Å². The van der Waals surface area contributed by atoms with E-state index in [1.807, 2.05) is 0 Å². The second-order valence-corrected chi connectivity index (χ2v) is 14.0. The van der Waals surface area contributed by atoms with Crippen LogP contribution in [0.25, 0.3) is 0 Å². The molecule has 43 heavy (non-hydrogen) atoms. The molecule has 0 saturated heterocycles. The fourth-order valence-electron chi connectivity index (χ4n) is 7.59. The molecule has 3 aliphatic rings. The molecule has 6 atom stereocenters. The summed E-state index contributed by atoms with van der Waals surface area (Å²) in [5.74, 6) is 0.255. The topological polar surface area (TPSA) is 108 Å². The molecule has 236 valence electrons. The van der Waals surface area contributed by atoms with Gasteiger partial charge < -0.3 is 14.8 Å². The molecule has 0 spiro atoms. The van der Waals surface area contributed by atoms with Crippen LogP contribution in [0.2, 0.25) is 0 Å². The maximum atomic E-state index is 14.2. The van der Waals surface area contributed by atoms with Crippen LogP contribution in [0.5, 0.6) is 0 Å². The monoisotopic (exact) mass is 594 g/mol. The lowest BCUT2D eigenvalue weighted by molar-refractivity contribution is -0.384. The molecule has 2 saturated carbocycles. The van der Waals surface area contributed by atoms with Crippen molar-refractivity contribution in [1.29, 1.82) is 0 Å². The number of carbonyl (C=O) groups is 2. The molecule has 0 radical (unpaired) electrons. The van der Waals surface area contributed by atoms with E-state index in [-0.39, 0.29) is 29.7 Å². The molecular formula is C35H50N2O6. The first-order chi connectivity index (χ1) is 20.3. The fourth-order valence-corrected chi connectivity index (χ4v) is 7.59. The van der Waals surface area contributed by atoms with Gasteiger partial charge in [0.1, 0.15) is 12.2 Å². The number of allylic oxidation sites excluding steroid dienone is 2. The molecule has 1 aromatic rings. The number of nitro groups is 1. The van der Waals surface area contributed by atoms with Crippen LogP contribution < -0.4 is 5.32 Å². The van der Waals surface area contributed by atoms with Crippen molar-refractivity contribution in [3.8, 4) is 0 Å². The molecule has 4 rings (SSSR count). The molecular weight excluding hydrogens is 544 g/mol. The minimum atomic E-state index is -0.863. The highest BCUT2D eigenvalue weighted by molar-refractivity contribution is 6.00. The predicted octanol–water partition coefficient (Wildman–Crippen LogP) is 7.84. The highest BCUT2D eigenvalue weighted by Gasteiger charge is 2.42. The van der Waals surface area contributed by atoms with Crippen molar-refractivity contribution in [2.45, 2.75) is 112 Å². The van der Waals surface area contributed by atoms with Crippen molar-refractivity contribution in [3.05, 3.63) is 62.5 Å². The molecule has 0 aromatic heterocycles. The Hall–Kier alpha value is -3.16. The smallest absolute Gasteiger partial charge is 0.337 e. The van der Waals surface area contributed by atoms with Gasteiger partial charge in [0.25, 0.3) is 5.69 Å². The van der Waals surface area contributed by atoms with E-state index in [9.17, 15) is 19.7 Å². The minimum Gasteiger partial charge on any atom is -0.459 e. The average Bonchev–Trinajstić information content (AvgIpc) is 2.92. The van der Waals surface area contributed by atoms with Crippen molar-refractivity contribution < 1.29 is 24.0 Å². The number of hydrogen-bond donors (Lipinski definition) is 1. The largest absolute Gasteiger partial charge is 0.459 e. The number of nitrogens with zero attached hydrogens (tertiary/aromatic N) is 1. The zero-order valence-electron chi connectivity index (χ0n) is 27.1. The lowest BCUT2D eigenvalue weighted by Crippen LogP contribution is -2.40. The summed E-state index contributed by atoms with van der Waals surface area (Å²) in [6.45, 7) is 16.6. The van der Waals surface area contributed by atoms with Crippen LogP contribution >= 0.6 is 0 Å². The summed E-state index contributed by atoms with van der Waals surface area (Å²) in [4.78, 5) is 39.7. The van der Waals surface area contributed by atoms with Crippen LogP contribution in [-0.4, -0.2) is 29.1 Å². The van der Waals surface area contributed by atoms with Gasteiger partial charge in [-0.3, -0.25) is 10.1 Å². The van der Waals surface area contributed by atoms with Gasteiger partial charge in [0, 0.05) is 23.5 Å². The first kappa shape index (κ1) is 32.7. The number of nitro benzene ring substituents is 1. The van der Waals surface area contributed by atoms with Crippen molar-refractivity contribution in [3.63, 3.8) is 0 Å². The summed E-state index contributed by atoms with van der Waals surface area (Å²) in [6.07, 6.45) is 5.30. The highest BCUT2D eigenvalue weighted by atomic mass is 16.6. The third-order valence-electron chi connectivity index (χ3n) is 10.1. The molecule has 1 aromatic carbocycles. The Balaban J connectivity index is 1.74. The Morgan fingerprint density at radius 1 is 0.837 bits per heavy atom. The highest BCUT2D eigenvalue weighted by Crippen LogP contribution is 2.43. The van der Waals surface area contributed by atoms with Gasteiger partial charge in [0.05, 0.1) is 22.0 Å². The number of carbonyl (C=O) groups excluding carboxylic acids is 2. The summed E-state index contributed by atoms with van der Waals surface area (Å²) in [5.41, 5.74) is 2.14. The van der Waals surface area contributed by atoms with E-state index in [0.717, 1.165) is 38.5 Å². The maximum Gasteiger partial charge on any atom is 0.337 e. The second-order valence-electron chi connectivity index (χ2n) is 14.0. The number of nitrogens with one attached hydrogen (secondary N) is 1. The molecule has 8 nitrogen and oxygen atoms in total. The third-order valence-corrected chi connectivity index (χ3v) is 10.1. The van der Waals surface area contributed by atoms with Crippen LogP contribution in [0.1, 0.15) is 105 Å². The van der Waals surface area contributed by atoms with Gasteiger partial charge in [-0.1, -0.05) is 66.5 Å². The standard InChI is InChI=1S/C35H50N2O6/c1-19(2)27-14-12-21(5)16-29(27)42-34(38)31-23(7)36-24(8)32(33(31)25-10-9-11-26(18-25)37(40)41)35(39)43-30-17-22(6)13-15-28(30)20(3)4/h9-11,18-22,27-30,33,36H,12-17H2,1-8H3/t21-,22-,27+,28+,29-,30-/m1/s1. The van der Waals surface area contributed by atoms with Gasteiger partial charge in [0.2, 0.25) is 0 Å². The molecule has 1 N–H and O–H groups in total. The van der Waals surface area contributed by atoms with Crippen LogP contribution in [0, 0.1) is 45.6 Å². The molecule has 0 bridgehead atoms. The van der Waals surface area contributed by atoms with Crippen LogP contribution in [0.4, 0.5) is 5.69 Å². The number of benzene rings is 1. The molecule has 1 heterocycles. The van der Waals surface area contributed by atoms with Crippen LogP contribution in [-0.2, 0) is 19.1 Å². The zero-order valence-corrected chi connectivity index (χ0v) is 27.1. The summed E-state index contributed by atoms with van der Waals surface area (Å²) in [6, 6.07) is 6.21. The second kappa shape index (κ2) is 13.6. The number of rotatable bonds is 8. The normalized spacial score (nSPS) is 28.6. The zero-order chi connectivity index (χ0) is 31.6. The molecule has 2 aliphatic carbocycles. The molecule has 2 fully saturated rings. The summed E-state index contributed by atoms with van der Waals surface area (Å²) in [7, 11) is 0.